The maximum atomic E-state index is 2.44. The van der Waals surface area contributed by atoms with Gasteiger partial charge in [0.25, 0.3) is 0 Å². The quantitative estimate of drug-likeness (QED) is 0.151. The lowest BCUT2D eigenvalue weighted by atomic mass is 9.86. The number of rotatable bonds is 8. The zero-order valence-electron chi connectivity index (χ0n) is 31.5. The molecule has 0 saturated carbocycles. The van der Waals surface area contributed by atoms with E-state index in [0.29, 0.717) is 0 Å². The zero-order valence-corrected chi connectivity index (χ0v) is 31.5. The first-order valence-corrected chi connectivity index (χ1v) is 19.6. The fraction of sp³-hybridized carbons (Fsp3) is 0. The summed E-state index contributed by atoms with van der Waals surface area (Å²) in [7, 11) is 0. The Hall–Kier alpha value is -7.48. The van der Waals surface area contributed by atoms with Crippen LogP contribution >= 0.6 is 0 Å². The Morgan fingerprint density at radius 1 is 0.246 bits per heavy atom. The average Bonchev–Trinajstić information content (AvgIpc) is 3.30. The molecule has 0 spiro atoms. The Morgan fingerprint density at radius 2 is 0.702 bits per heavy atom. The van der Waals surface area contributed by atoms with E-state index in [-0.39, 0.29) is 0 Å². The van der Waals surface area contributed by atoms with Crippen LogP contribution in [0.1, 0.15) is 0 Å². The highest BCUT2D eigenvalue weighted by atomic mass is 15.1. The molecule has 0 aromatic heterocycles. The standard InChI is InChI=1S/C56H39N/c1-5-16-40(17-6-1)42-28-33-48(34-29-42)57(49-35-30-43(31-36-49)41-18-7-2-8-19-41)55-39-53(45-20-9-3-10-21-45)56(46-23-11-4-12-24-46)54-38-47(32-37-52(54)55)51-27-15-25-44-22-13-14-26-50(44)51/h1-39H. The lowest BCUT2D eigenvalue weighted by Crippen LogP contribution is -2.11. The molecular formula is C56H39N. The van der Waals surface area contributed by atoms with Crippen molar-refractivity contribution in [3.8, 4) is 55.6 Å². The van der Waals surface area contributed by atoms with Gasteiger partial charge in [0, 0.05) is 16.8 Å². The summed E-state index contributed by atoms with van der Waals surface area (Å²) in [6, 6.07) is 85.8. The molecule has 0 bridgehead atoms. The van der Waals surface area contributed by atoms with Crippen LogP contribution in [0.5, 0.6) is 0 Å². The summed E-state index contributed by atoms with van der Waals surface area (Å²) in [5.41, 5.74) is 15.3. The third kappa shape index (κ3) is 6.56. The van der Waals surface area contributed by atoms with E-state index in [2.05, 4.69) is 241 Å². The molecule has 57 heavy (non-hydrogen) atoms. The molecule has 0 aliphatic heterocycles. The Kier molecular flexibility index (Phi) is 8.95. The van der Waals surface area contributed by atoms with Crippen LogP contribution in [0, 0.1) is 0 Å². The molecule has 0 aliphatic rings. The minimum absolute atomic E-state index is 1.09. The summed E-state index contributed by atoms with van der Waals surface area (Å²) in [6.07, 6.45) is 0. The van der Waals surface area contributed by atoms with Crippen LogP contribution in [0.2, 0.25) is 0 Å². The minimum Gasteiger partial charge on any atom is -0.310 e. The normalized spacial score (nSPS) is 11.2. The van der Waals surface area contributed by atoms with Crippen molar-refractivity contribution >= 4 is 38.6 Å². The lowest BCUT2D eigenvalue weighted by Gasteiger charge is -2.29. The zero-order chi connectivity index (χ0) is 38.0. The predicted octanol–water partition coefficient (Wildman–Crippen LogP) is 15.8. The first-order chi connectivity index (χ1) is 28.3. The van der Waals surface area contributed by atoms with Crippen molar-refractivity contribution in [1.29, 1.82) is 0 Å². The number of nitrogens with zero attached hydrogens (tertiary/aromatic N) is 1. The first-order valence-electron chi connectivity index (χ1n) is 19.6. The molecule has 1 nitrogen and oxygen atoms in total. The van der Waals surface area contributed by atoms with E-state index >= 15 is 0 Å². The van der Waals surface area contributed by atoms with E-state index in [4.69, 9.17) is 0 Å². The van der Waals surface area contributed by atoms with E-state index in [1.54, 1.807) is 0 Å². The summed E-state index contributed by atoms with van der Waals surface area (Å²) in [5.74, 6) is 0. The number of hydrogen-bond acceptors (Lipinski definition) is 1. The molecule has 268 valence electrons. The van der Waals surface area contributed by atoms with Gasteiger partial charge in [-0.2, -0.15) is 0 Å². The van der Waals surface area contributed by atoms with Crippen LogP contribution in [0.4, 0.5) is 17.1 Å². The lowest BCUT2D eigenvalue weighted by molar-refractivity contribution is 1.30. The maximum Gasteiger partial charge on any atom is 0.0546 e. The Balaban J connectivity index is 1.26. The number of hydrogen-bond donors (Lipinski definition) is 0. The van der Waals surface area contributed by atoms with Gasteiger partial charge in [0.15, 0.2) is 0 Å². The van der Waals surface area contributed by atoms with E-state index in [9.17, 15) is 0 Å². The molecule has 0 radical (unpaired) electrons. The van der Waals surface area contributed by atoms with Crippen LogP contribution in [0.3, 0.4) is 0 Å². The molecule has 0 fully saturated rings. The van der Waals surface area contributed by atoms with Crippen molar-refractivity contribution < 1.29 is 0 Å². The van der Waals surface area contributed by atoms with Crippen molar-refractivity contribution in [2.75, 3.05) is 4.90 Å². The highest BCUT2D eigenvalue weighted by molar-refractivity contribution is 6.13. The van der Waals surface area contributed by atoms with E-state index in [1.165, 1.54) is 77.2 Å². The summed E-state index contributed by atoms with van der Waals surface area (Å²) in [5, 5.41) is 4.87. The van der Waals surface area contributed by atoms with Crippen molar-refractivity contribution in [1.82, 2.24) is 0 Å². The van der Waals surface area contributed by atoms with Gasteiger partial charge >= 0.3 is 0 Å². The second-order valence-corrected chi connectivity index (χ2v) is 14.5. The SMILES string of the molecule is c1ccc(-c2ccc(N(c3ccc(-c4ccccc4)cc3)c3cc(-c4ccccc4)c(-c4ccccc4)c4cc(-c5cccc6ccccc56)ccc34)cc2)cc1. The molecule has 10 rings (SSSR count). The van der Waals surface area contributed by atoms with Gasteiger partial charge in [-0.3, -0.25) is 0 Å². The maximum absolute atomic E-state index is 2.44. The van der Waals surface area contributed by atoms with E-state index in [0.717, 1.165) is 17.1 Å². The van der Waals surface area contributed by atoms with Gasteiger partial charge in [0.1, 0.15) is 0 Å². The molecule has 0 saturated heterocycles. The third-order valence-corrected chi connectivity index (χ3v) is 11.1. The minimum atomic E-state index is 1.09. The van der Waals surface area contributed by atoms with Gasteiger partial charge in [-0.1, -0.05) is 200 Å². The molecule has 0 unspecified atom stereocenters. The van der Waals surface area contributed by atoms with Crippen molar-refractivity contribution in [3.63, 3.8) is 0 Å². The van der Waals surface area contributed by atoms with Crippen LogP contribution in [-0.2, 0) is 0 Å². The van der Waals surface area contributed by atoms with Gasteiger partial charge in [0.05, 0.1) is 5.69 Å². The molecule has 0 aliphatic carbocycles. The molecule has 10 aromatic rings. The van der Waals surface area contributed by atoms with Crippen LogP contribution < -0.4 is 4.90 Å². The molecule has 0 atom stereocenters. The fourth-order valence-electron chi connectivity index (χ4n) is 8.29. The Bertz CT molecular complexity index is 2870. The molecule has 0 amide bonds. The van der Waals surface area contributed by atoms with E-state index in [1.807, 2.05) is 0 Å². The third-order valence-electron chi connectivity index (χ3n) is 11.1. The van der Waals surface area contributed by atoms with E-state index < -0.39 is 0 Å². The van der Waals surface area contributed by atoms with Crippen molar-refractivity contribution in [2.45, 2.75) is 0 Å². The van der Waals surface area contributed by atoms with Crippen molar-refractivity contribution in [2.24, 2.45) is 0 Å². The van der Waals surface area contributed by atoms with Gasteiger partial charge in [-0.25, -0.2) is 0 Å². The first kappa shape index (κ1) is 34.0. The van der Waals surface area contributed by atoms with Crippen molar-refractivity contribution in [3.05, 3.63) is 237 Å². The van der Waals surface area contributed by atoms with Crippen LogP contribution in [0.15, 0.2) is 237 Å². The van der Waals surface area contributed by atoms with Gasteiger partial charge in [-0.05, 0) is 108 Å². The van der Waals surface area contributed by atoms with Gasteiger partial charge < -0.3 is 4.90 Å². The summed E-state index contributed by atoms with van der Waals surface area (Å²) >= 11 is 0. The largest absolute Gasteiger partial charge is 0.310 e. The second-order valence-electron chi connectivity index (χ2n) is 14.5. The van der Waals surface area contributed by atoms with Gasteiger partial charge in [0.2, 0.25) is 0 Å². The molecule has 0 heterocycles. The molecule has 10 aromatic carbocycles. The van der Waals surface area contributed by atoms with Crippen LogP contribution in [-0.4, -0.2) is 0 Å². The smallest absolute Gasteiger partial charge is 0.0546 e. The summed E-state index contributed by atoms with van der Waals surface area (Å²) in [4.78, 5) is 2.44. The summed E-state index contributed by atoms with van der Waals surface area (Å²) < 4.78 is 0. The fourth-order valence-corrected chi connectivity index (χ4v) is 8.29. The second kappa shape index (κ2) is 15.0. The number of fused-ring (bicyclic) bond motifs is 2. The number of anilines is 3. The summed E-state index contributed by atoms with van der Waals surface area (Å²) in [6.45, 7) is 0. The molecule has 0 N–H and O–H groups in total. The topological polar surface area (TPSA) is 3.24 Å². The van der Waals surface area contributed by atoms with Gasteiger partial charge in [-0.15, -0.1) is 0 Å². The highest BCUT2D eigenvalue weighted by Crippen LogP contribution is 2.48. The Morgan fingerprint density at radius 3 is 1.28 bits per heavy atom. The Labute approximate surface area is 334 Å². The van der Waals surface area contributed by atoms with Crippen LogP contribution in [0.25, 0.3) is 77.2 Å². The monoisotopic (exact) mass is 725 g/mol. The highest BCUT2D eigenvalue weighted by Gasteiger charge is 2.22. The molecule has 1 heteroatoms. The average molecular weight is 726 g/mol. The number of benzene rings is 10. The molecular weight excluding hydrogens is 687 g/mol. The predicted molar refractivity (Wildman–Crippen MR) is 243 cm³/mol.